The van der Waals surface area contributed by atoms with E-state index in [0.717, 1.165) is 4.47 Å². The molecule has 0 aliphatic carbocycles. The Morgan fingerprint density at radius 3 is 2.75 bits per heavy atom. The standard InChI is InChI=1S/C15H10BrN3O5/c16-12-5-9(6-13-14(12)24-8-23-13)7-17-18-15(20)10-1-3-11(4-2-10)19(21)22/h1-7H,8H2,(H,18,20)/b17-7-. The Balaban J connectivity index is 1.67. The second kappa shape index (κ2) is 6.67. The van der Waals surface area contributed by atoms with Crippen LogP contribution < -0.4 is 14.9 Å². The summed E-state index contributed by atoms with van der Waals surface area (Å²) in [7, 11) is 0. The van der Waals surface area contributed by atoms with E-state index in [9.17, 15) is 14.9 Å². The van der Waals surface area contributed by atoms with Gasteiger partial charge in [0.05, 0.1) is 15.6 Å². The lowest BCUT2D eigenvalue weighted by Gasteiger charge is -2.02. The van der Waals surface area contributed by atoms with Gasteiger partial charge in [-0.15, -0.1) is 0 Å². The lowest BCUT2D eigenvalue weighted by molar-refractivity contribution is -0.384. The van der Waals surface area contributed by atoms with Crippen molar-refractivity contribution in [3.63, 3.8) is 0 Å². The number of nitrogens with zero attached hydrogens (tertiary/aromatic N) is 2. The van der Waals surface area contributed by atoms with Crippen molar-refractivity contribution in [1.82, 2.24) is 5.43 Å². The number of benzene rings is 2. The van der Waals surface area contributed by atoms with Crippen LogP contribution in [0.5, 0.6) is 11.5 Å². The minimum Gasteiger partial charge on any atom is -0.454 e. The Kier molecular flexibility index (Phi) is 4.43. The summed E-state index contributed by atoms with van der Waals surface area (Å²) in [5.74, 6) is 0.746. The molecule has 1 amide bonds. The van der Waals surface area contributed by atoms with Crippen LogP contribution in [0.15, 0.2) is 46.0 Å². The molecule has 0 radical (unpaired) electrons. The smallest absolute Gasteiger partial charge is 0.271 e. The average molecular weight is 392 g/mol. The lowest BCUT2D eigenvalue weighted by atomic mass is 10.2. The molecule has 0 saturated heterocycles. The van der Waals surface area contributed by atoms with E-state index in [-0.39, 0.29) is 18.0 Å². The maximum absolute atomic E-state index is 11.9. The van der Waals surface area contributed by atoms with Gasteiger partial charge in [0.25, 0.3) is 11.6 Å². The number of rotatable bonds is 4. The number of nitrogens with one attached hydrogen (secondary N) is 1. The highest BCUT2D eigenvalue weighted by Crippen LogP contribution is 2.39. The molecule has 0 bridgehead atoms. The minimum absolute atomic E-state index is 0.0831. The van der Waals surface area contributed by atoms with Gasteiger partial charge in [0.2, 0.25) is 6.79 Å². The monoisotopic (exact) mass is 391 g/mol. The van der Waals surface area contributed by atoms with Crippen molar-refractivity contribution in [1.29, 1.82) is 0 Å². The lowest BCUT2D eigenvalue weighted by Crippen LogP contribution is -2.17. The molecule has 3 rings (SSSR count). The average Bonchev–Trinajstić information content (AvgIpc) is 3.04. The van der Waals surface area contributed by atoms with Crippen molar-refractivity contribution in [2.75, 3.05) is 6.79 Å². The van der Waals surface area contributed by atoms with Crippen molar-refractivity contribution in [2.24, 2.45) is 5.10 Å². The molecule has 0 aromatic heterocycles. The van der Waals surface area contributed by atoms with Gasteiger partial charge in [0.1, 0.15) is 0 Å². The van der Waals surface area contributed by atoms with Crippen LogP contribution >= 0.6 is 15.9 Å². The number of carbonyl (C=O) groups is 1. The Labute approximate surface area is 144 Å². The molecular formula is C15H10BrN3O5. The van der Waals surface area contributed by atoms with Crippen LogP contribution in [-0.2, 0) is 0 Å². The van der Waals surface area contributed by atoms with Crippen LogP contribution in [0.4, 0.5) is 5.69 Å². The Hall–Kier alpha value is -2.94. The van der Waals surface area contributed by atoms with E-state index in [1.807, 2.05) is 0 Å². The summed E-state index contributed by atoms with van der Waals surface area (Å²) in [4.78, 5) is 22.0. The van der Waals surface area contributed by atoms with Gasteiger partial charge in [0, 0.05) is 17.7 Å². The molecule has 0 saturated carbocycles. The molecule has 1 aliphatic heterocycles. The summed E-state index contributed by atoms with van der Waals surface area (Å²) in [6.45, 7) is 0.158. The zero-order valence-corrected chi connectivity index (χ0v) is 13.6. The Morgan fingerprint density at radius 1 is 1.29 bits per heavy atom. The zero-order chi connectivity index (χ0) is 17.1. The molecule has 122 valence electrons. The molecule has 8 nitrogen and oxygen atoms in total. The first-order valence-electron chi connectivity index (χ1n) is 6.71. The van der Waals surface area contributed by atoms with Crippen LogP contribution in [-0.4, -0.2) is 23.8 Å². The van der Waals surface area contributed by atoms with E-state index in [2.05, 4.69) is 26.5 Å². The first-order chi connectivity index (χ1) is 11.5. The highest BCUT2D eigenvalue weighted by molar-refractivity contribution is 9.10. The molecule has 1 heterocycles. The predicted octanol–water partition coefficient (Wildman–Crippen LogP) is 2.85. The maximum atomic E-state index is 11.9. The summed E-state index contributed by atoms with van der Waals surface area (Å²) < 4.78 is 11.3. The van der Waals surface area contributed by atoms with Crippen LogP contribution in [0.3, 0.4) is 0 Å². The van der Waals surface area contributed by atoms with Crippen molar-refractivity contribution in [3.05, 3.63) is 62.1 Å². The normalized spacial score (nSPS) is 12.4. The van der Waals surface area contributed by atoms with Crippen LogP contribution in [0.25, 0.3) is 0 Å². The molecule has 2 aromatic carbocycles. The van der Waals surface area contributed by atoms with Gasteiger partial charge in [-0.05, 0) is 45.8 Å². The summed E-state index contributed by atoms with van der Waals surface area (Å²) in [5, 5.41) is 14.4. The van der Waals surface area contributed by atoms with E-state index in [1.54, 1.807) is 12.1 Å². The van der Waals surface area contributed by atoms with E-state index in [4.69, 9.17) is 9.47 Å². The third kappa shape index (κ3) is 3.35. The fourth-order valence-electron chi connectivity index (χ4n) is 2.03. The number of hydrazone groups is 1. The number of carbonyl (C=O) groups excluding carboxylic acids is 1. The largest absolute Gasteiger partial charge is 0.454 e. The second-order valence-electron chi connectivity index (χ2n) is 4.74. The molecule has 1 N–H and O–H groups in total. The fraction of sp³-hybridized carbons (Fsp3) is 0.0667. The molecule has 1 aliphatic rings. The molecule has 0 atom stereocenters. The third-order valence-electron chi connectivity index (χ3n) is 3.17. The highest BCUT2D eigenvalue weighted by atomic mass is 79.9. The summed E-state index contributed by atoms with van der Waals surface area (Å²) in [6.07, 6.45) is 1.45. The fourth-order valence-corrected chi connectivity index (χ4v) is 2.60. The van der Waals surface area contributed by atoms with Crippen molar-refractivity contribution >= 4 is 33.7 Å². The molecule has 0 fully saturated rings. The third-order valence-corrected chi connectivity index (χ3v) is 3.76. The number of nitro groups is 1. The van der Waals surface area contributed by atoms with E-state index < -0.39 is 10.8 Å². The van der Waals surface area contributed by atoms with Crippen molar-refractivity contribution in [2.45, 2.75) is 0 Å². The van der Waals surface area contributed by atoms with E-state index in [0.29, 0.717) is 17.1 Å². The summed E-state index contributed by atoms with van der Waals surface area (Å²) in [5.41, 5.74) is 3.25. The molecule has 9 heteroatoms. The van der Waals surface area contributed by atoms with E-state index >= 15 is 0 Å². The maximum Gasteiger partial charge on any atom is 0.271 e. The van der Waals surface area contributed by atoms with Gasteiger partial charge in [-0.25, -0.2) is 5.43 Å². The first-order valence-corrected chi connectivity index (χ1v) is 7.51. The number of nitro benzene ring substituents is 1. The van der Waals surface area contributed by atoms with Crippen molar-refractivity contribution < 1.29 is 19.2 Å². The van der Waals surface area contributed by atoms with Crippen LogP contribution in [0.1, 0.15) is 15.9 Å². The zero-order valence-electron chi connectivity index (χ0n) is 12.1. The number of fused-ring (bicyclic) bond motifs is 1. The summed E-state index contributed by atoms with van der Waals surface area (Å²) >= 11 is 3.37. The number of hydrogen-bond donors (Lipinski definition) is 1. The molecule has 24 heavy (non-hydrogen) atoms. The van der Waals surface area contributed by atoms with Gasteiger partial charge in [-0.3, -0.25) is 14.9 Å². The molecular weight excluding hydrogens is 382 g/mol. The molecule has 0 unspecified atom stereocenters. The number of ether oxygens (including phenoxy) is 2. The molecule has 2 aromatic rings. The number of non-ortho nitro benzene ring substituents is 1. The molecule has 0 spiro atoms. The Bertz CT molecular complexity index is 836. The van der Waals surface area contributed by atoms with Crippen LogP contribution in [0.2, 0.25) is 0 Å². The van der Waals surface area contributed by atoms with Crippen LogP contribution in [0, 0.1) is 10.1 Å². The quantitative estimate of drug-likeness (QED) is 0.490. The predicted molar refractivity (Wildman–Crippen MR) is 88.4 cm³/mol. The minimum atomic E-state index is -0.530. The number of halogens is 1. The number of hydrogen-bond acceptors (Lipinski definition) is 6. The number of amides is 1. The topological polar surface area (TPSA) is 103 Å². The van der Waals surface area contributed by atoms with Gasteiger partial charge < -0.3 is 9.47 Å². The second-order valence-corrected chi connectivity index (χ2v) is 5.59. The van der Waals surface area contributed by atoms with E-state index in [1.165, 1.54) is 30.5 Å². The van der Waals surface area contributed by atoms with Crippen molar-refractivity contribution in [3.8, 4) is 11.5 Å². The SMILES string of the molecule is O=C(N/N=C\c1cc(Br)c2c(c1)OCO2)c1ccc([N+](=O)[O-])cc1. The Morgan fingerprint density at radius 2 is 2.04 bits per heavy atom. The van der Waals surface area contributed by atoms with Gasteiger partial charge >= 0.3 is 0 Å². The first kappa shape index (κ1) is 15.9. The van der Waals surface area contributed by atoms with Gasteiger partial charge in [-0.1, -0.05) is 0 Å². The van der Waals surface area contributed by atoms with Gasteiger partial charge in [0.15, 0.2) is 11.5 Å². The highest BCUT2D eigenvalue weighted by Gasteiger charge is 2.17. The summed E-state index contributed by atoms with van der Waals surface area (Å²) in [6, 6.07) is 8.74. The van der Waals surface area contributed by atoms with Gasteiger partial charge in [-0.2, -0.15) is 5.10 Å².